The molecule has 0 aliphatic heterocycles. The van der Waals surface area contributed by atoms with Gasteiger partial charge in [-0.05, 0) is 49.3 Å². The van der Waals surface area contributed by atoms with Crippen LogP contribution in [0.1, 0.15) is 50.0 Å². The molecular weight excluding hydrogens is 258 g/mol. The van der Waals surface area contributed by atoms with Crippen LogP contribution in [0.3, 0.4) is 0 Å². The highest BCUT2D eigenvalue weighted by Gasteiger charge is 2.35. The van der Waals surface area contributed by atoms with E-state index >= 15 is 0 Å². The Bertz CT molecular complexity index is 436. The van der Waals surface area contributed by atoms with Crippen LogP contribution in [-0.4, -0.2) is 23.3 Å². The van der Waals surface area contributed by atoms with E-state index in [4.69, 9.17) is 11.6 Å². The Balaban J connectivity index is 1.45. The Hall–Kier alpha value is -0.570. The van der Waals surface area contributed by atoms with E-state index < -0.39 is 5.60 Å². The second-order valence-electron chi connectivity index (χ2n) is 6.23. The van der Waals surface area contributed by atoms with Gasteiger partial charge in [-0.2, -0.15) is 0 Å². The van der Waals surface area contributed by atoms with Gasteiger partial charge in [0, 0.05) is 17.6 Å². The average Bonchev–Trinajstić information content (AvgIpc) is 2.74. The summed E-state index contributed by atoms with van der Waals surface area (Å²) in [6.45, 7) is 0.764. The van der Waals surface area contributed by atoms with Gasteiger partial charge in [-0.1, -0.05) is 36.6 Å². The van der Waals surface area contributed by atoms with Crippen molar-refractivity contribution in [3.63, 3.8) is 0 Å². The van der Waals surface area contributed by atoms with Gasteiger partial charge < -0.3 is 10.4 Å². The molecule has 0 radical (unpaired) electrons. The van der Waals surface area contributed by atoms with E-state index in [2.05, 4.69) is 17.4 Å². The van der Waals surface area contributed by atoms with Gasteiger partial charge >= 0.3 is 0 Å². The van der Waals surface area contributed by atoms with E-state index in [1.54, 1.807) is 0 Å². The summed E-state index contributed by atoms with van der Waals surface area (Å²) in [5.74, 6) is 0.634. The first-order chi connectivity index (χ1) is 9.15. The Morgan fingerprint density at radius 2 is 2.00 bits per heavy atom. The topological polar surface area (TPSA) is 32.3 Å². The minimum Gasteiger partial charge on any atom is -0.389 e. The van der Waals surface area contributed by atoms with Crippen LogP contribution >= 0.6 is 11.6 Å². The van der Waals surface area contributed by atoms with Crippen LogP contribution in [0.25, 0.3) is 0 Å². The fourth-order valence-electron chi connectivity index (χ4n) is 3.36. The lowest BCUT2D eigenvalue weighted by molar-refractivity contribution is 0.0405. The zero-order valence-electron chi connectivity index (χ0n) is 11.2. The predicted octanol–water partition coefficient (Wildman–Crippen LogP) is 3.48. The molecule has 2 aliphatic carbocycles. The minimum absolute atomic E-state index is 0.429. The fourth-order valence-corrected chi connectivity index (χ4v) is 3.56. The van der Waals surface area contributed by atoms with Crippen LogP contribution < -0.4 is 5.32 Å². The normalized spacial score (nSPS) is 29.2. The maximum absolute atomic E-state index is 10.3. The van der Waals surface area contributed by atoms with Crippen molar-refractivity contribution in [3.05, 3.63) is 34.9 Å². The molecule has 0 heterocycles. The van der Waals surface area contributed by atoms with Crippen LogP contribution in [0.5, 0.6) is 0 Å². The number of halogens is 1. The number of nitrogens with one attached hydrogen (secondary N) is 1. The number of rotatable bonds is 4. The van der Waals surface area contributed by atoms with Gasteiger partial charge in [-0.25, -0.2) is 0 Å². The van der Waals surface area contributed by atoms with Gasteiger partial charge in [0.05, 0.1) is 5.60 Å². The second-order valence-corrected chi connectivity index (χ2v) is 6.67. The van der Waals surface area contributed by atoms with Crippen LogP contribution in [0.15, 0.2) is 24.3 Å². The Morgan fingerprint density at radius 3 is 2.68 bits per heavy atom. The first kappa shape index (κ1) is 13.4. The quantitative estimate of drug-likeness (QED) is 0.884. The molecule has 0 amide bonds. The molecule has 0 aromatic heterocycles. The van der Waals surface area contributed by atoms with E-state index in [1.165, 1.54) is 18.4 Å². The summed E-state index contributed by atoms with van der Waals surface area (Å²) >= 11 is 6.02. The molecule has 0 atom stereocenters. The van der Waals surface area contributed by atoms with Gasteiger partial charge in [0.1, 0.15) is 0 Å². The molecule has 2 N–H and O–H groups in total. The number of aliphatic hydroxyl groups is 1. The second kappa shape index (κ2) is 5.43. The van der Waals surface area contributed by atoms with Crippen molar-refractivity contribution in [1.82, 2.24) is 5.32 Å². The molecule has 3 heteroatoms. The van der Waals surface area contributed by atoms with Gasteiger partial charge in [-0.3, -0.25) is 0 Å². The van der Waals surface area contributed by atoms with E-state index in [0.717, 1.165) is 37.3 Å². The maximum atomic E-state index is 10.3. The lowest BCUT2D eigenvalue weighted by Crippen LogP contribution is -2.47. The highest BCUT2D eigenvalue weighted by atomic mass is 35.5. The van der Waals surface area contributed by atoms with Gasteiger partial charge in [0.15, 0.2) is 0 Å². The number of hydrogen-bond acceptors (Lipinski definition) is 2. The lowest BCUT2D eigenvalue weighted by Gasteiger charge is -2.38. The Morgan fingerprint density at radius 1 is 1.26 bits per heavy atom. The van der Waals surface area contributed by atoms with Crippen molar-refractivity contribution in [2.45, 2.75) is 56.1 Å². The maximum Gasteiger partial charge on any atom is 0.0771 e. The predicted molar refractivity (Wildman–Crippen MR) is 78.6 cm³/mol. The molecule has 2 saturated carbocycles. The average molecular weight is 280 g/mol. The Labute approximate surface area is 120 Å². The van der Waals surface area contributed by atoms with E-state index in [0.29, 0.717) is 12.0 Å². The van der Waals surface area contributed by atoms with Crippen molar-refractivity contribution in [1.29, 1.82) is 0 Å². The lowest BCUT2D eigenvalue weighted by atomic mass is 9.75. The third-order valence-electron chi connectivity index (χ3n) is 4.71. The van der Waals surface area contributed by atoms with Crippen molar-refractivity contribution >= 4 is 11.6 Å². The van der Waals surface area contributed by atoms with Crippen molar-refractivity contribution in [3.8, 4) is 0 Å². The smallest absolute Gasteiger partial charge is 0.0771 e. The minimum atomic E-state index is -0.429. The molecule has 0 saturated heterocycles. The zero-order chi connectivity index (χ0) is 13.3. The van der Waals surface area contributed by atoms with Crippen molar-refractivity contribution < 1.29 is 5.11 Å². The standard InChI is InChI=1S/C16H22ClNO/c17-14-5-3-4-12(8-14)13-9-15(10-13)18-11-16(19)6-1-2-7-16/h3-5,8,13,15,18-19H,1-2,6-7,9-11H2. The van der Waals surface area contributed by atoms with Crippen LogP contribution in [0.4, 0.5) is 0 Å². The van der Waals surface area contributed by atoms with Gasteiger partial charge in [0.25, 0.3) is 0 Å². The van der Waals surface area contributed by atoms with Crippen molar-refractivity contribution in [2.75, 3.05) is 6.54 Å². The summed E-state index contributed by atoms with van der Waals surface area (Å²) in [5.41, 5.74) is 0.923. The molecule has 2 aliphatic rings. The highest BCUT2D eigenvalue weighted by molar-refractivity contribution is 6.30. The summed E-state index contributed by atoms with van der Waals surface area (Å²) in [7, 11) is 0. The highest BCUT2D eigenvalue weighted by Crippen LogP contribution is 2.38. The number of hydrogen-bond donors (Lipinski definition) is 2. The fraction of sp³-hybridized carbons (Fsp3) is 0.625. The third-order valence-corrected chi connectivity index (χ3v) is 4.95. The first-order valence-corrected chi connectivity index (χ1v) is 7.74. The summed E-state index contributed by atoms with van der Waals surface area (Å²) < 4.78 is 0. The molecule has 19 heavy (non-hydrogen) atoms. The molecule has 0 spiro atoms. The van der Waals surface area contributed by atoms with Crippen LogP contribution in [0.2, 0.25) is 5.02 Å². The zero-order valence-corrected chi connectivity index (χ0v) is 12.0. The molecule has 2 fully saturated rings. The molecule has 0 bridgehead atoms. The Kier molecular flexibility index (Phi) is 3.84. The molecule has 1 aromatic carbocycles. The molecular formula is C16H22ClNO. The summed E-state index contributed by atoms with van der Waals surface area (Å²) in [6, 6.07) is 8.76. The SMILES string of the molecule is OC1(CNC2CC(c3cccc(Cl)c3)C2)CCCC1. The first-order valence-electron chi connectivity index (χ1n) is 7.36. The van der Waals surface area contributed by atoms with E-state index in [-0.39, 0.29) is 0 Å². The number of benzene rings is 1. The molecule has 2 nitrogen and oxygen atoms in total. The monoisotopic (exact) mass is 279 g/mol. The largest absolute Gasteiger partial charge is 0.389 e. The van der Waals surface area contributed by atoms with Crippen LogP contribution in [0, 0.1) is 0 Å². The summed E-state index contributed by atoms with van der Waals surface area (Å²) in [4.78, 5) is 0. The molecule has 1 aromatic rings. The van der Waals surface area contributed by atoms with Gasteiger partial charge in [0.2, 0.25) is 0 Å². The van der Waals surface area contributed by atoms with E-state index in [1.807, 2.05) is 12.1 Å². The molecule has 104 valence electrons. The third kappa shape index (κ3) is 3.13. The van der Waals surface area contributed by atoms with Gasteiger partial charge in [-0.15, -0.1) is 0 Å². The summed E-state index contributed by atoms with van der Waals surface area (Å²) in [5, 5.41) is 14.7. The van der Waals surface area contributed by atoms with Crippen LogP contribution in [-0.2, 0) is 0 Å². The van der Waals surface area contributed by atoms with E-state index in [9.17, 15) is 5.11 Å². The molecule has 3 rings (SSSR count). The molecule has 0 unspecified atom stereocenters. The van der Waals surface area contributed by atoms with Crippen molar-refractivity contribution in [2.24, 2.45) is 0 Å². The summed E-state index contributed by atoms with van der Waals surface area (Å²) in [6.07, 6.45) is 6.60.